The summed E-state index contributed by atoms with van der Waals surface area (Å²) >= 11 is 0. The lowest BCUT2D eigenvalue weighted by Gasteiger charge is -2.11. The van der Waals surface area contributed by atoms with Crippen LogP contribution in [0.5, 0.6) is 5.75 Å². The number of ether oxygens (including phenoxy) is 3. The molecule has 0 aromatic heterocycles. The van der Waals surface area contributed by atoms with Crippen LogP contribution in [0.4, 0.5) is 5.69 Å². The SMILES string of the molecule is CCCOc1ccc(C(=O)OCC(=O)Nc2ccccc2C(=O)OCC)cc1. The molecule has 1 amide bonds. The van der Waals surface area contributed by atoms with Gasteiger partial charge in [-0.05, 0) is 49.7 Å². The highest BCUT2D eigenvalue weighted by Crippen LogP contribution is 2.17. The number of anilines is 1. The molecule has 0 aliphatic carbocycles. The van der Waals surface area contributed by atoms with Gasteiger partial charge in [0, 0.05) is 0 Å². The van der Waals surface area contributed by atoms with Crippen LogP contribution in [0, 0.1) is 0 Å². The second-order valence-corrected chi connectivity index (χ2v) is 5.76. The molecule has 7 heteroatoms. The Morgan fingerprint density at radius 2 is 1.61 bits per heavy atom. The molecule has 0 unspecified atom stereocenters. The molecule has 0 heterocycles. The van der Waals surface area contributed by atoms with Gasteiger partial charge in [-0.2, -0.15) is 0 Å². The minimum absolute atomic E-state index is 0.223. The van der Waals surface area contributed by atoms with Gasteiger partial charge >= 0.3 is 11.9 Å². The quantitative estimate of drug-likeness (QED) is 0.665. The molecule has 2 rings (SSSR count). The van der Waals surface area contributed by atoms with E-state index in [9.17, 15) is 14.4 Å². The molecule has 2 aromatic rings. The third-order valence-corrected chi connectivity index (χ3v) is 3.59. The first-order valence-electron chi connectivity index (χ1n) is 9.01. The van der Waals surface area contributed by atoms with E-state index in [1.165, 1.54) is 0 Å². The van der Waals surface area contributed by atoms with Crippen LogP contribution in [0.3, 0.4) is 0 Å². The number of rotatable bonds is 9. The lowest BCUT2D eigenvalue weighted by Crippen LogP contribution is -2.22. The molecular weight excluding hydrogens is 362 g/mol. The van der Waals surface area contributed by atoms with E-state index in [-0.39, 0.29) is 12.2 Å². The highest BCUT2D eigenvalue weighted by molar-refractivity contribution is 6.02. The lowest BCUT2D eigenvalue weighted by molar-refractivity contribution is -0.119. The van der Waals surface area contributed by atoms with Gasteiger partial charge in [0.15, 0.2) is 6.61 Å². The van der Waals surface area contributed by atoms with Gasteiger partial charge in [-0.15, -0.1) is 0 Å². The van der Waals surface area contributed by atoms with Gasteiger partial charge in [0.05, 0.1) is 30.0 Å². The highest BCUT2D eigenvalue weighted by Gasteiger charge is 2.15. The Hall–Kier alpha value is -3.35. The monoisotopic (exact) mass is 385 g/mol. The Morgan fingerprint density at radius 1 is 0.893 bits per heavy atom. The van der Waals surface area contributed by atoms with Crippen LogP contribution in [0.1, 0.15) is 41.0 Å². The molecule has 2 aromatic carbocycles. The molecule has 148 valence electrons. The zero-order valence-corrected chi connectivity index (χ0v) is 15.9. The third kappa shape index (κ3) is 6.12. The van der Waals surface area contributed by atoms with Crippen molar-refractivity contribution in [2.24, 2.45) is 0 Å². The standard InChI is InChI=1S/C21H23NO6/c1-3-13-27-16-11-9-15(10-12-16)20(24)28-14-19(23)22-18-8-6-5-7-17(18)21(25)26-4-2/h5-12H,3-4,13-14H2,1-2H3,(H,22,23). The average molecular weight is 385 g/mol. The predicted octanol–water partition coefficient (Wildman–Crippen LogP) is 3.45. The average Bonchev–Trinajstić information content (AvgIpc) is 2.71. The first kappa shape index (κ1) is 21.0. The zero-order valence-electron chi connectivity index (χ0n) is 15.9. The van der Waals surface area contributed by atoms with Gasteiger partial charge in [0.1, 0.15) is 5.75 Å². The van der Waals surface area contributed by atoms with Crippen molar-refractivity contribution < 1.29 is 28.6 Å². The first-order valence-corrected chi connectivity index (χ1v) is 9.01. The molecule has 0 saturated heterocycles. The van der Waals surface area contributed by atoms with Crippen LogP contribution < -0.4 is 10.1 Å². The number of hydrogen-bond acceptors (Lipinski definition) is 6. The number of nitrogens with one attached hydrogen (secondary N) is 1. The van der Waals surface area contributed by atoms with Crippen LogP contribution in [0.25, 0.3) is 0 Å². The zero-order chi connectivity index (χ0) is 20.4. The maximum absolute atomic E-state index is 12.1. The van der Waals surface area contributed by atoms with Crippen LogP contribution >= 0.6 is 0 Å². The van der Waals surface area contributed by atoms with Gasteiger partial charge in [-0.1, -0.05) is 19.1 Å². The van der Waals surface area contributed by atoms with Gasteiger partial charge in [-0.25, -0.2) is 9.59 Å². The number of para-hydroxylation sites is 1. The Kier molecular flexibility index (Phi) is 8.02. The Bertz CT molecular complexity index is 816. The van der Waals surface area contributed by atoms with E-state index >= 15 is 0 Å². The number of carbonyl (C=O) groups is 3. The van der Waals surface area contributed by atoms with Crippen molar-refractivity contribution in [3.8, 4) is 5.75 Å². The maximum Gasteiger partial charge on any atom is 0.340 e. The van der Waals surface area contributed by atoms with Crippen LogP contribution in [0.15, 0.2) is 48.5 Å². The summed E-state index contributed by atoms with van der Waals surface area (Å²) in [4.78, 5) is 36.1. The topological polar surface area (TPSA) is 90.9 Å². The number of carbonyl (C=O) groups excluding carboxylic acids is 3. The van der Waals surface area contributed by atoms with E-state index in [1.54, 1.807) is 55.5 Å². The van der Waals surface area contributed by atoms with Crippen molar-refractivity contribution in [3.05, 3.63) is 59.7 Å². The predicted molar refractivity (Wildman–Crippen MR) is 104 cm³/mol. The van der Waals surface area contributed by atoms with E-state index < -0.39 is 24.5 Å². The Morgan fingerprint density at radius 3 is 2.29 bits per heavy atom. The summed E-state index contributed by atoms with van der Waals surface area (Å²) in [6.45, 7) is 4.03. The number of benzene rings is 2. The molecule has 1 N–H and O–H groups in total. The molecule has 0 saturated carbocycles. The van der Waals surface area contributed by atoms with Gasteiger partial charge in [-0.3, -0.25) is 4.79 Å². The van der Waals surface area contributed by atoms with E-state index in [4.69, 9.17) is 14.2 Å². The van der Waals surface area contributed by atoms with Crippen LogP contribution in [0.2, 0.25) is 0 Å². The fourth-order valence-electron chi connectivity index (χ4n) is 2.29. The summed E-state index contributed by atoms with van der Waals surface area (Å²) < 4.78 is 15.4. The third-order valence-electron chi connectivity index (χ3n) is 3.59. The van der Waals surface area contributed by atoms with Crippen LogP contribution in [-0.4, -0.2) is 37.7 Å². The molecule has 28 heavy (non-hydrogen) atoms. The summed E-state index contributed by atoms with van der Waals surface area (Å²) in [6.07, 6.45) is 0.887. The largest absolute Gasteiger partial charge is 0.494 e. The molecule has 7 nitrogen and oxygen atoms in total. The normalized spacial score (nSPS) is 10.1. The van der Waals surface area contributed by atoms with Crippen molar-refractivity contribution >= 4 is 23.5 Å². The number of esters is 2. The molecule has 0 spiro atoms. The molecule has 0 atom stereocenters. The number of hydrogen-bond donors (Lipinski definition) is 1. The smallest absolute Gasteiger partial charge is 0.340 e. The highest BCUT2D eigenvalue weighted by atomic mass is 16.5. The van der Waals surface area contributed by atoms with E-state index in [2.05, 4.69) is 5.32 Å². The van der Waals surface area contributed by atoms with Crippen molar-refractivity contribution in [2.45, 2.75) is 20.3 Å². The fraction of sp³-hybridized carbons (Fsp3) is 0.286. The summed E-state index contributed by atoms with van der Waals surface area (Å²) in [5.41, 5.74) is 0.828. The summed E-state index contributed by atoms with van der Waals surface area (Å²) in [5.74, 6) is -1.07. The lowest BCUT2D eigenvalue weighted by atomic mass is 10.2. The van der Waals surface area contributed by atoms with Gasteiger partial charge in [0.2, 0.25) is 0 Å². The number of amides is 1. The Balaban J connectivity index is 1.90. The molecule has 0 aliphatic rings. The summed E-state index contributed by atoms with van der Waals surface area (Å²) in [5, 5.41) is 2.55. The first-order chi connectivity index (χ1) is 13.5. The van der Waals surface area contributed by atoms with Gasteiger partial charge < -0.3 is 19.5 Å². The van der Waals surface area contributed by atoms with E-state index in [0.29, 0.717) is 23.6 Å². The summed E-state index contributed by atoms with van der Waals surface area (Å²) in [7, 11) is 0. The van der Waals surface area contributed by atoms with E-state index in [1.807, 2.05) is 6.92 Å². The minimum Gasteiger partial charge on any atom is -0.494 e. The van der Waals surface area contributed by atoms with Gasteiger partial charge in [0.25, 0.3) is 5.91 Å². The molecule has 0 bridgehead atoms. The molecule has 0 radical (unpaired) electrons. The minimum atomic E-state index is -0.629. The molecule has 0 fully saturated rings. The van der Waals surface area contributed by atoms with Crippen molar-refractivity contribution in [1.82, 2.24) is 0 Å². The van der Waals surface area contributed by atoms with E-state index in [0.717, 1.165) is 6.42 Å². The molecular formula is C21H23NO6. The van der Waals surface area contributed by atoms with Crippen LogP contribution in [-0.2, 0) is 14.3 Å². The maximum atomic E-state index is 12.1. The van der Waals surface area contributed by atoms with Crippen molar-refractivity contribution in [3.63, 3.8) is 0 Å². The molecule has 0 aliphatic heterocycles. The second kappa shape index (κ2) is 10.7. The van der Waals surface area contributed by atoms with Crippen molar-refractivity contribution in [2.75, 3.05) is 25.1 Å². The fourth-order valence-corrected chi connectivity index (χ4v) is 2.29. The second-order valence-electron chi connectivity index (χ2n) is 5.76. The van der Waals surface area contributed by atoms with Crippen molar-refractivity contribution in [1.29, 1.82) is 0 Å². The Labute approximate surface area is 163 Å². The summed E-state index contributed by atoms with van der Waals surface area (Å²) in [6, 6.07) is 12.9.